The number of hydrazine groups is 1. The van der Waals surface area contributed by atoms with Gasteiger partial charge in [0, 0.05) is 0 Å². The lowest BCUT2D eigenvalue weighted by Gasteiger charge is -2.17. The molecule has 2 aromatic carbocycles. The van der Waals surface area contributed by atoms with Crippen LogP contribution in [0.5, 0.6) is 11.5 Å². The fourth-order valence-corrected chi connectivity index (χ4v) is 3.40. The van der Waals surface area contributed by atoms with Crippen LogP contribution in [0.4, 0.5) is 0 Å². The summed E-state index contributed by atoms with van der Waals surface area (Å²) in [7, 11) is 0. The van der Waals surface area contributed by atoms with E-state index in [4.69, 9.17) is 9.47 Å². The zero-order chi connectivity index (χ0) is 20.6. The van der Waals surface area contributed by atoms with Crippen molar-refractivity contribution < 1.29 is 19.1 Å². The van der Waals surface area contributed by atoms with Crippen LogP contribution in [0.25, 0.3) is 0 Å². The van der Waals surface area contributed by atoms with Crippen molar-refractivity contribution in [3.63, 3.8) is 0 Å². The number of fused-ring (bicyclic) bond motifs is 1. The minimum absolute atomic E-state index is 0.224. The van der Waals surface area contributed by atoms with Gasteiger partial charge in [-0.05, 0) is 80.5 Å². The second kappa shape index (κ2) is 9.96. The number of carbonyl (C=O) groups excluding carboxylic acids is 2. The highest BCUT2D eigenvalue weighted by molar-refractivity contribution is 5.85. The molecule has 6 nitrogen and oxygen atoms in total. The van der Waals surface area contributed by atoms with Crippen LogP contribution in [0.15, 0.2) is 42.5 Å². The molecule has 1 unspecified atom stereocenters. The lowest BCUT2D eigenvalue weighted by Crippen LogP contribution is -2.47. The minimum Gasteiger partial charge on any atom is -0.494 e. The van der Waals surface area contributed by atoms with Crippen molar-refractivity contribution in [1.29, 1.82) is 0 Å². The van der Waals surface area contributed by atoms with Gasteiger partial charge in [-0.15, -0.1) is 0 Å². The number of nitrogens with one attached hydrogen (secondary N) is 2. The summed E-state index contributed by atoms with van der Waals surface area (Å²) in [5.74, 6) is 0.614. The van der Waals surface area contributed by atoms with Gasteiger partial charge in [0.15, 0.2) is 6.10 Å². The third-order valence-electron chi connectivity index (χ3n) is 4.92. The highest BCUT2D eigenvalue weighted by atomic mass is 16.5. The van der Waals surface area contributed by atoms with Crippen LogP contribution in [0, 0.1) is 0 Å². The summed E-state index contributed by atoms with van der Waals surface area (Å²) in [5, 5.41) is 0. The quantitative estimate of drug-likeness (QED) is 0.705. The molecule has 0 fully saturated rings. The molecule has 0 aliphatic heterocycles. The van der Waals surface area contributed by atoms with Crippen LogP contribution in [0.3, 0.4) is 0 Å². The fraction of sp³-hybridized carbons (Fsp3) is 0.391. The predicted octanol–water partition coefficient (Wildman–Crippen LogP) is 3.12. The van der Waals surface area contributed by atoms with E-state index in [0.717, 1.165) is 24.2 Å². The Hall–Kier alpha value is -3.02. The van der Waals surface area contributed by atoms with Gasteiger partial charge in [0.2, 0.25) is 5.91 Å². The molecular weight excluding hydrogens is 368 g/mol. The molecule has 0 radical (unpaired) electrons. The maximum Gasteiger partial charge on any atom is 0.279 e. The molecule has 0 spiro atoms. The van der Waals surface area contributed by atoms with E-state index >= 15 is 0 Å². The van der Waals surface area contributed by atoms with Crippen molar-refractivity contribution in [3.8, 4) is 11.5 Å². The van der Waals surface area contributed by atoms with Crippen LogP contribution in [0.2, 0.25) is 0 Å². The van der Waals surface area contributed by atoms with Crippen LogP contribution < -0.4 is 20.3 Å². The molecule has 1 aliphatic rings. The maximum atomic E-state index is 12.2. The molecule has 2 aromatic rings. The highest BCUT2D eigenvalue weighted by Crippen LogP contribution is 2.22. The van der Waals surface area contributed by atoms with E-state index in [-0.39, 0.29) is 12.3 Å². The lowest BCUT2D eigenvalue weighted by atomic mass is 9.90. The number of benzene rings is 2. The summed E-state index contributed by atoms with van der Waals surface area (Å²) < 4.78 is 11.0. The van der Waals surface area contributed by atoms with Gasteiger partial charge in [-0.25, -0.2) is 0 Å². The summed E-state index contributed by atoms with van der Waals surface area (Å²) in [5.41, 5.74) is 8.57. The zero-order valence-electron chi connectivity index (χ0n) is 17.0. The van der Waals surface area contributed by atoms with E-state index in [9.17, 15) is 9.59 Å². The zero-order valence-corrected chi connectivity index (χ0v) is 17.0. The Morgan fingerprint density at radius 3 is 2.38 bits per heavy atom. The molecule has 154 valence electrons. The third-order valence-corrected chi connectivity index (χ3v) is 4.92. The van der Waals surface area contributed by atoms with E-state index < -0.39 is 12.0 Å². The first-order valence-corrected chi connectivity index (χ1v) is 10.1. The number of carbonyl (C=O) groups is 2. The van der Waals surface area contributed by atoms with Crippen molar-refractivity contribution in [2.75, 3.05) is 6.61 Å². The smallest absolute Gasteiger partial charge is 0.279 e. The van der Waals surface area contributed by atoms with Gasteiger partial charge in [-0.2, -0.15) is 0 Å². The Labute approximate surface area is 171 Å². The van der Waals surface area contributed by atoms with Crippen molar-refractivity contribution in [3.05, 3.63) is 59.2 Å². The molecule has 0 saturated heterocycles. The van der Waals surface area contributed by atoms with Gasteiger partial charge in [0.25, 0.3) is 5.91 Å². The van der Waals surface area contributed by atoms with Gasteiger partial charge >= 0.3 is 0 Å². The molecule has 2 amide bonds. The first-order chi connectivity index (χ1) is 14.0. The van der Waals surface area contributed by atoms with Crippen LogP contribution in [-0.2, 0) is 28.9 Å². The first-order valence-electron chi connectivity index (χ1n) is 10.1. The number of rotatable bonds is 7. The van der Waals surface area contributed by atoms with Gasteiger partial charge in [0.1, 0.15) is 11.5 Å². The van der Waals surface area contributed by atoms with Crippen molar-refractivity contribution in [2.24, 2.45) is 0 Å². The molecular formula is C23H28N2O4. The monoisotopic (exact) mass is 396 g/mol. The molecule has 1 aliphatic carbocycles. The Bertz CT molecular complexity index is 848. The van der Waals surface area contributed by atoms with Crippen LogP contribution in [0.1, 0.15) is 43.4 Å². The van der Waals surface area contributed by atoms with E-state index in [1.54, 1.807) is 31.2 Å². The summed E-state index contributed by atoms with van der Waals surface area (Å²) >= 11 is 0. The summed E-state index contributed by atoms with van der Waals surface area (Å²) in [4.78, 5) is 24.4. The molecule has 0 aromatic heterocycles. The highest BCUT2D eigenvalue weighted by Gasteiger charge is 2.16. The van der Waals surface area contributed by atoms with E-state index in [0.29, 0.717) is 12.4 Å². The normalized spacial score (nSPS) is 13.7. The average molecular weight is 396 g/mol. The summed E-state index contributed by atoms with van der Waals surface area (Å²) in [6, 6.07) is 13.2. The van der Waals surface area contributed by atoms with Gasteiger partial charge in [-0.1, -0.05) is 18.2 Å². The number of ether oxygens (including phenoxy) is 2. The van der Waals surface area contributed by atoms with Crippen molar-refractivity contribution in [2.45, 2.75) is 52.1 Å². The second-order valence-electron chi connectivity index (χ2n) is 7.19. The molecule has 0 bridgehead atoms. The van der Waals surface area contributed by atoms with E-state index in [2.05, 4.69) is 23.0 Å². The largest absolute Gasteiger partial charge is 0.494 e. The third kappa shape index (κ3) is 5.98. The maximum absolute atomic E-state index is 12.2. The summed E-state index contributed by atoms with van der Waals surface area (Å²) in [6.45, 7) is 4.13. The van der Waals surface area contributed by atoms with Crippen LogP contribution in [-0.4, -0.2) is 24.5 Å². The average Bonchev–Trinajstić information content (AvgIpc) is 2.73. The molecule has 0 heterocycles. The number of hydrogen-bond donors (Lipinski definition) is 2. The Balaban J connectivity index is 1.45. The van der Waals surface area contributed by atoms with Gasteiger partial charge in [0.05, 0.1) is 13.0 Å². The standard InChI is InChI=1S/C23H28N2O4/c1-3-28-20-10-12-21(13-11-20)29-16(2)23(27)25-24-22(26)15-17-8-9-18-6-4-5-7-19(18)14-17/h8-14,16H,3-7,15H2,1-2H3,(H,24,26)(H,25,27). The van der Waals surface area contributed by atoms with Gasteiger partial charge in [-0.3, -0.25) is 20.4 Å². The van der Waals surface area contributed by atoms with Crippen molar-refractivity contribution >= 4 is 11.8 Å². The number of aryl methyl sites for hydroxylation is 2. The number of hydrogen-bond acceptors (Lipinski definition) is 4. The molecule has 2 N–H and O–H groups in total. The number of amides is 2. The predicted molar refractivity (Wildman–Crippen MR) is 111 cm³/mol. The molecule has 6 heteroatoms. The molecule has 29 heavy (non-hydrogen) atoms. The Morgan fingerprint density at radius 1 is 0.966 bits per heavy atom. The molecule has 1 atom stereocenters. The Morgan fingerprint density at radius 2 is 1.66 bits per heavy atom. The molecule has 3 rings (SSSR count). The van der Waals surface area contributed by atoms with E-state index in [1.165, 1.54) is 24.0 Å². The second-order valence-corrected chi connectivity index (χ2v) is 7.19. The Kier molecular flexibility index (Phi) is 7.11. The molecule has 0 saturated carbocycles. The fourth-order valence-electron chi connectivity index (χ4n) is 3.40. The van der Waals surface area contributed by atoms with Crippen molar-refractivity contribution in [1.82, 2.24) is 10.9 Å². The lowest BCUT2D eigenvalue weighted by molar-refractivity contribution is -0.132. The first kappa shape index (κ1) is 20.7. The summed E-state index contributed by atoms with van der Waals surface area (Å²) in [6.07, 6.45) is 4.09. The van der Waals surface area contributed by atoms with Gasteiger partial charge < -0.3 is 9.47 Å². The SMILES string of the molecule is CCOc1ccc(OC(C)C(=O)NNC(=O)Cc2ccc3c(c2)CCCC3)cc1. The topological polar surface area (TPSA) is 76.7 Å². The minimum atomic E-state index is -0.753. The van der Waals surface area contributed by atoms with E-state index in [1.807, 2.05) is 13.0 Å². The van der Waals surface area contributed by atoms with Crippen LogP contribution >= 0.6 is 0 Å².